The van der Waals surface area contributed by atoms with Crippen molar-refractivity contribution in [1.29, 1.82) is 0 Å². The van der Waals surface area contributed by atoms with Gasteiger partial charge in [-0.15, -0.1) is 0 Å². The zero-order valence-corrected chi connectivity index (χ0v) is 13.1. The smallest absolute Gasteiger partial charge is 0.322 e. The Kier molecular flexibility index (Phi) is 4.68. The lowest BCUT2D eigenvalue weighted by Gasteiger charge is -2.17. The molecular formula is C15H17NO5S. The molecule has 7 heteroatoms. The van der Waals surface area contributed by atoms with Gasteiger partial charge in [0.2, 0.25) is 10.0 Å². The molecule has 0 radical (unpaired) electrons. The van der Waals surface area contributed by atoms with Crippen LogP contribution in [0, 0.1) is 13.8 Å². The standard InChI is InChI=1S/C15H17NO5S/c1-10-4-3-5-11(2)13(10)8-14(15(17)18)16-22(19,20)12-6-7-21-9-12/h3-7,9,14,16H,8H2,1-2H3,(H,17,18)/t14-/m0/s1. The van der Waals surface area contributed by atoms with E-state index in [0.29, 0.717) is 0 Å². The average molecular weight is 323 g/mol. The van der Waals surface area contributed by atoms with E-state index in [9.17, 15) is 18.3 Å². The molecule has 1 aromatic carbocycles. The number of rotatable bonds is 6. The summed E-state index contributed by atoms with van der Waals surface area (Å²) in [5, 5.41) is 9.33. The molecule has 0 unspecified atom stereocenters. The van der Waals surface area contributed by atoms with Gasteiger partial charge in [0, 0.05) is 0 Å². The van der Waals surface area contributed by atoms with Crippen LogP contribution in [-0.4, -0.2) is 25.5 Å². The number of carboxylic acids is 1. The first-order valence-corrected chi connectivity index (χ1v) is 8.12. The zero-order chi connectivity index (χ0) is 16.3. The minimum atomic E-state index is -3.93. The molecule has 118 valence electrons. The summed E-state index contributed by atoms with van der Waals surface area (Å²) in [4.78, 5) is 11.3. The third kappa shape index (κ3) is 3.55. The second kappa shape index (κ2) is 6.33. The predicted molar refractivity (Wildman–Crippen MR) is 80.1 cm³/mol. The van der Waals surface area contributed by atoms with Crippen LogP contribution in [-0.2, 0) is 21.2 Å². The number of sulfonamides is 1. The normalized spacial score (nSPS) is 13.0. The van der Waals surface area contributed by atoms with Gasteiger partial charge in [-0.25, -0.2) is 8.42 Å². The Morgan fingerprint density at radius 2 is 1.91 bits per heavy atom. The van der Waals surface area contributed by atoms with Gasteiger partial charge in [-0.3, -0.25) is 4.79 Å². The first-order chi connectivity index (χ1) is 10.3. The number of aryl methyl sites for hydroxylation is 2. The molecule has 1 atom stereocenters. The van der Waals surface area contributed by atoms with Crippen LogP contribution in [0.1, 0.15) is 16.7 Å². The van der Waals surface area contributed by atoms with Crippen LogP contribution in [0.4, 0.5) is 0 Å². The Morgan fingerprint density at radius 3 is 2.41 bits per heavy atom. The fourth-order valence-corrected chi connectivity index (χ4v) is 3.33. The summed E-state index contributed by atoms with van der Waals surface area (Å²) in [5.41, 5.74) is 2.67. The molecule has 2 N–H and O–H groups in total. The van der Waals surface area contributed by atoms with Crippen LogP contribution in [0.2, 0.25) is 0 Å². The van der Waals surface area contributed by atoms with Gasteiger partial charge in [0.05, 0.1) is 6.26 Å². The maximum Gasteiger partial charge on any atom is 0.322 e. The van der Waals surface area contributed by atoms with Crippen molar-refractivity contribution >= 4 is 16.0 Å². The summed E-state index contributed by atoms with van der Waals surface area (Å²) in [5.74, 6) is -1.23. The minimum absolute atomic E-state index is 0.0743. The molecule has 2 aromatic rings. The summed E-state index contributed by atoms with van der Waals surface area (Å²) < 4.78 is 31.2. The molecular weight excluding hydrogens is 306 g/mol. The van der Waals surface area contributed by atoms with Gasteiger partial charge in [0.15, 0.2) is 0 Å². The molecule has 0 saturated carbocycles. The van der Waals surface area contributed by atoms with Crippen molar-refractivity contribution in [2.24, 2.45) is 0 Å². The third-order valence-corrected chi connectivity index (χ3v) is 4.90. The van der Waals surface area contributed by atoms with Gasteiger partial charge in [-0.1, -0.05) is 18.2 Å². The van der Waals surface area contributed by atoms with Crippen LogP contribution in [0.5, 0.6) is 0 Å². The summed E-state index contributed by atoms with van der Waals surface area (Å²) in [6, 6.07) is 5.62. The van der Waals surface area contributed by atoms with Crippen LogP contribution in [0.25, 0.3) is 0 Å². The second-order valence-electron chi connectivity index (χ2n) is 5.05. The number of nitrogens with one attached hydrogen (secondary N) is 1. The molecule has 0 saturated heterocycles. The van der Waals surface area contributed by atoms with E-state index in [4.69, 9.17) is 4.42 Å². The molecule has 0 spiro atoms. The van der Waals surface area contributed by atoms with E-state index in [0.717, 1.165) is 23.0 Å². The lowest BCUT2D eigenvalue weighted by molar-refractivity contribution is -0.138. The number of carbonyl (C=O) groups is 1. The summed E-state index contributed by atoms with van der Waals surface area (Å²) in [7, 11) is -3.93. The highest BCUT2D eigenvalue weighted by Crippen LogP contribution is 2.17. The van der Waals surface area contributed by atoms with Gasteiger partial charge < -0.3 is 9.52 Å². The molecule has 0 fully saturated rings. The first kappa shape index (κ1) is 16.3. The molecule has 0 aliphatic rings. The number of benzene rings is 1. The maximum atomic E-state index is 12.1. The van der Waals surface area contributed by atoms with Crippen LogP contribution in [0.3, 0.4) is 0 Å². The lowest BCUT2D eigenvalue weighted by atomic mass is 9.97. The van der Waals surface area contributed by atoms with Crippen molar-refractivity contribution in [3.63, 3.8) is 0 Å². The van der Waals surface area contributed by atoms with Crippen molar-refractivity contribution in [3.8, 4) is 0 Å². The number of hydrogen-bond donors (Lipinski definition) is 2. The molecule has 0 bridgehead atoms. The Balaban J connectivity index is 2.27. The van der Waals surface area contributed by atoms with Gasteiger partial charge in [0.1, 0.15) is 17.2 Å². The van der Waals surface area contributed by atoms with Crippen molar-refractivity contribution in [2.45, 2.75) is 31.2 Å². The van der Waals surface area contributed by atoms with Crippen LogP contribution >= 0.6 is 0 Å². The maximum absolute atomic E-state index is 12.1. The molecule has 1 aromatic heterocycles. The van der Waals surface area contributed by atoms with Gasteiger partial charge in [-0.2, -0.15) is 4.72 Å². The summed E-state index contributed by atoms with van der Waals surface area (Å²) in [6.45, 7) is 3.73. The molecule has 1 heterocycles. The van der Waals surface area contributed by atoms with Gasteiger partial charge in [0.25, 0.3) is 0 Å². The van der Waals surface area contributed by atoms with E-state index >= 15 is 0 Å². The Bertz CT molecular complexity index is 745. The number of carboxylic acid groups (broad SMARTS) is 1. The molecule has 0 aliphatic carbocycles. The fraction of sp³-hybridized carbons (Fsp3) is 0.267. The highest BCUT2D eigenvalue weighted by Gasteiger charge is 2.27. The van der Waals surface area contributed by atoms with E-state index in [1.54, 1.807) is 0 Å². The van der Waals surface area contributed by atoms with E-state index < -0.39 is 22.0 Å². The number of aliphatic carboxylic acids is 1. The number of furan rings is 1. The first-order valence-electron chi connectivity index (χ1n) is 6.63. The lowest BCUT2D eigenvalue weighted by Crippen LogP contribution is -2.42. The van der Waals surface area contributed by atoms with Crippen LogP contribution in [0.15, 0.2) is 46.1 Å². The van der Waals surface area contributed by atoms with E-state index in [1.807, 2.05) is 32.0 Å². The highest BCUT2D eigenvalue weighted by molar-refractivity contribution is 7.89. The van der Waals surface area contributed by atoms with Crippen LogP contribution < -0.4 is 4.72 Å². The van der Waals surface area contributed by atoms with Crippen molar-refractivity contribution in [1.82, 2.24) is 4.72 Å². The molecule has 0 aliphatic heterocycles. The molecule has 2 rings (SSSR count). The van der Waals surface area contributed by atoms with E-state index in [2.05, 4.69) is 4.72 Å². The average Bonchev–Trinajstić information content (AvgIpc) is 2.96. The Morgan fingerprint density at radius 1 is 1.27 bits per heavy atom. The topological polar surface area (TPSA) is 96.6 Å². The quantitative estimate of drug-likeness (QED) is 0.846. The van der Waals surface area contributed by atoms with Crippen molar-refractivity contribution in [2.75, 3.05) is 0 Å². The third-order valence-electron chi connectivity index (χ3n) is 3.45. The molecule has 6 nitrogen and oxygen atoms in total. The molecule has 22 heavy (non-hydrogen) atoms. The monoisotopic (exact) mass is 323 g/mol. The van der Waals surface area contributed by atoms with E-state index in [1.165, 1.54) is 12.3 Å². The zero-order valence-electron chi connectivity index (χ0n) is 12.2. The van der Waals surface area contributed by atoms with Crippen molar-refractivity contribution in [3.05, 3.63) is 53.5 Å². The minimum Gasteiger partial charge on any atom is -0.480 e. The Hall–Kier alpha value is -2.12. The Labute approximate surface area is 128 Å². The largest absolute Gasteiger partial charge is 0.480 e. The van der Waals surface area contributed by atoms with E-state index in [-0.39, 0.29) is 11.3 Å². The van der Waals surface area contributed by atoms with Gasteiger partial charge >= 0.3 is 5.97 Å². The highest BCUT2D eigenvalue weighted by atomic mass is 32.2. The summed E-state index contributed by atoms with van der Waals surface area (Å²) >= 11 is 0. The van der Waals surface area contributed by atoms with Gasteiger partial charge in [-0.05, 0) is 43.0 Å². The fourth-order valence-electron chi connectivity index (χ4n) is 2.21. The second-order valence-corrected chi connectivity index (χ2v) is 6.76. The predicted octanol–water partition coefficient (Wildman–Crippen LogP) is 1.87. The molecule has 0 amide bonds. The number of hydrogen-bond acceptors (Lipinski definition) is 4. The SMILES string of the molecule is Cc1cccc(C)c1C[C@H](NS(=O)(=O)c1ccoc1)C(=O)O. The summed E-state index contributed by atoms with van der Waals surface area (Å²) in [6.07, 6.45) is 2.35. The van der Waals surface area contributed by atoms with Crippen molar-refractivity contribution < 1.29 is 22.7 Å².